The van der Waals surface area contributed by atoms with E-state index < -0.39 is 6.29 Å². The van der Waals surface area contributed by atoms with Crippen molar-refractivity contribution >= 4 is 0 Å². The van der Waals surface area contributed by atoms with E-state index in [4.69, 9.17) is 9.47 Å². The third-order valence-corrected chi connectivity index (χ3v) is 2.33. The number of hydrogen-bond acceptors (Lipinski definition) is 3. The molecule has 0 aliphatic carbocycles. The van der Waals surface area contributed by atoms with Gasteiger partial charge in [0.1, 0.15) is 18.8 Å². The maximum Gasteiger partial charge on any atom is 0.157 e. The van der Waals surface area contributed by atoms with Gasteiger partial charge in [-0.3, -0.25) is 0 Å². The first-order chi connectivity index (χ1) is 6.13. The zero-order valence-electron chi connectivity index (χ0n) is 8.56. The highest BCUT2D eigenvalue weighted by molar-refractivity contribution is 4.74. The minimum Gasteiger partial charge on any atom is -0.375 e. The molecule has 0 spiro atoms. The van der Waals surface area contributed by atoms with Crippen molar-refractivity contribution in [3.63, 3.8) is 0 Å². The van der Waals surface area contributed by atoms with E-state index in [-0.39, 0.29) is 6.10 Å². The second-order valence-corrected chi connectivity index (χ2v) is 3.90. The van der Waals surface area contributed by atoms with Crippen molar-refractivity contribution in [3.05, 3.63) is 0 Å². The lowest BCUT2D eigenvalue weighted by Crippen LogP contribution is -2.97. The molecule has 0 aromatic rings. The van der Waals surface area contributed by atoms with Gasteiger partial charge in [-0.25, -0.2) is 0 Å². The smallest absolute Gasteiger partial charge is 0.157 e. The van der Waals surface area contributed by atoms with Crippen molar-refractivity contribution < 1.29 is 19.9 Å². The Hall–Kier alpha value is -0.160. The highest BCUT2D eigenvalue weighted by atomic mass is 16.6. The molecular formula is C9H20NO3+. The first-order valence-corrected chi connectivity index (χ1v) is 4.81. The van der Waals surface area contributed by atoms with Crippen LogP contribution in [0.2, 0.25) is 0 Å². The van der Waals surface area contributed by atoms with Crippen LogP contribution in [-0.2, 0) is 9.47 Å². The van der Waals surface area contributed by atoms with Gasteiger partial charge in [0, 0.05) is 13.5 Å². The van der Waals surface area contributed by atoms with Gasteiger partial charge in [0.2, 0.25) is 0 Å². The Morgan fingerprint density at radius 1 is 1.54 bits per heavy atom. The number of rotatable bonds is 3. The quantitative estimate of drug-likeness (QED) is 0.605. The van der Waals surface area contributed by atoms with Crippen LogP contribution in [0, 0.1) is 0 Å². The second-order valence-electron chi connectivity index (χ2n) is 3.90. The number of aliphatic hydroxyl groups excluding tert-OH is 1. The Kier molecular flexibility index (Phi) is 4.12. The SMILES string of the molecule is CO[C@H]1C[C@H](O)OC[C@@H]1[NH2+]C(C)C. The van der Waals surface area contributed by atoms with Gasteiger partial charge in [0.25, 0.3) is 0 Å². The molecule has 1 heterocycles. The first-order valence-electron chi connectivity index (χ1n) is 4.81. The van der Waals surface area contributed by atoms with Gasteiger partial charge < -0.3 is 19.9 Å². The number of quaternary nitrogens is 1. The normalized spacial score (nSPS) is 35.3. The molecule has 0 aromatic heterocycles. The van der Waals surface area contributed by atoms with E-state index in [1.165, 1.54) is 0 Å². The summed E-state index contributed by atoms with van der Waals surface area (Å²) in [4.78, 5) is 0. The van der Waals surface area contributed by atoms with Crippen LogP contribution in [0.5, 0.6) is 0 Å². The Labute approximate surface area is 79.2 Å². The highest BCUT2D eigenvalue weighted by Crippen LogP contribution is 2.12. The van der Waals surface area contributed by atoms with Crippen LogP contribution in [0.15, 0.2) is 0 Å². The van der Waals surface area contributed by atoms with E-state index in [1.54, 1.807) is 7.11 Å². The van der Waals surface area contributed by atoms with E-state index in [0.717, 1.165) is 0 Å². The zero-order chi connectivity index (χ0) is 9.84. The molecule has 4 heteroatoms. The highest BCUT2D eigenvalue weighted by Gasteiger charge is 2.33. The summed E-state index contributed by atoms with van der Waals surface area (Å²) in [6, 6.07) is 0.842. The zero-order valence-corrected chi connectivity index (χ0v) is 8.56. The van der Waals surface area contributed by atoms with Crippen LogP contribution in [0.1, 0.15) is 20.3 Å². The average molecular weight is 190 g/mol. The predicted octanol–water partition coefficient (Wildman–Crippen LogP) is -0.919. The molecule has 0 aromatic carbocycles. The fraction of sp³-hybridized carbons (Fsp3) is 1.00. The molecule has 78 valence electrons. The Morgan fingerprint density at radius 2 is 2.23 bits per heavy atom. The van der Waals surface area contributed by atoms with Gasteiger partial charge >= 0.3 is 0 Å². The third-order valence-electron chi connectivity index (χ3n) is 2.33. The van der Waals surface area contributed by atoms with Crippen molar-refractivity contribution in [1.82, 2.24) is 0 Å². The summed E-state index contributed by atoms with van der Waals surface area (Å²) in [5.41, 5.74) is 0. The Bertz CT molecular complexity index is 152. The topological polar surface area (TPSA) is 55.3 Å². The number of hydrogen-bond donors (Lipinski definition) is 2. The molecule has 0 radical (unpaired) electrons. The van der Waals surface area contributed by atoms with E-state index >= 15 is 0 Å². The summed E-state index contributed by atoms with van der Waals surface area (Å²) >= 11 is 0. The molecule has 1 rings (SSSR count). The largest absolute Gasteiger partial charge is 0.375 e. The van der Waals surface area contributed by atoms with Crippen molar-refractivity contribution in [2.24, 2.45) is 0 Å². The molecule has 0 saturated carbocycles. The molecule has 4 nitrogen and oxygen atoms in total. The molecule has 1 fully saturated rings. The summed E-state index contributed by atoms with van der Waals surface area (Å²) in [5, 5.41) is 11.5. The van der Waals surface area contributed by atoms with Crippen molar-refractivity contribution in [2.45, 2.75) is 44.7 Å². The van der Waals surface area contributed by atoms with Gasteiger partial charge in [-0.05, 0) is 13.8 Å². The molecule has 13 heavy (non-hydrogen) atoms. The monoisotopic (exact) mass is 190 g/mol. The maximum absolute atomic E-state index is 9.25. The fourth-order valence-electron chi connectivity index (χ4n) is 1.72. The van der Waals surface area contributed by atoms with Crippen LogP contribution < -0.4 is 5.32 Å². The van der Waals surface area contributed by atoms with Gasteiger partial charge in [0.05, 0.1) is 6.04 Å². The van der Waals surface area contributed by atoms with Crippen LogP contribution in [0.25, 0.3) is 0 Å². The molecule has 0 amide bonds. The predicted molar refractivity (Wildman–Crippen MR) is 48.2 cm³/mol. The molecule has 1 aliphatic rings. The van der Waals surface area contributed by atoms with Crippen LogP contribution in [-0.4, -0.2) is 43.3 Å². The lowest BCUT2D eigenvalue weighted by atomic mass is 10.0. The summed E-state index contributed by atoms with van der Waals surface area (Å²) in [5.74, 6) is 0. The van der Waals surface area contributed by atoms with Gasteiger partial charge in [-0.1, -0.05) is 0 Å². The summed E-state index contributed by atoms with van der Waals surface area (Å²) in [6.45, 7) is 4.84. The maximum atomic E-state index is 9.25. The lowest BCUT2D eigenvalue weighted by molar-refractivity contribution is -0.727. The standard InChI is InChI=1S/C9H19NO3/c1-6(2)10-7-5-13-9(11)4-8(7)12-3/h6-11H,4-5H2,1-3H3/p+1/t7-,8-,9+/m0/s1. The molecule has 0 unspecified atom stereocenters. The van der Waals surface area contributed by atoms with E-state index in [0.29, 0.717) is 25.1 Å². The average Bonchev–Trinajstić information content (AvgIpc) is 2.07. The number of methoxy groups -OCH3 is 1. The van der Waals surface area contributed by atoms with Crippen molar-refractivity contribution in [3.8, 4) is 0 Å². The molecule has 0 bridgehead atoms. The van der Waals surface area contributed by atoms with Crippen LogP contribution >= 0.6 is 0 Å². The summed E-state index contributed by atoms with van der Waals surface area (Å²) < 4.78 is 10.5. The van der Waals surface area contributed by atoms with Crippen molar-refractivity contribution in [1.29, 1.82) is 0 Å². The Morgan fingerprint density at radius 3 is 2.77 bits per heavy atom. The van der Waals surface area contributed by atoms with E-state index in [2.05, 4.69) is 19.2 Å². The summed E-state index contributed by atoms with van der Waals surface area (Å²) in [6.07, 6.45) is 0.0256. The number of ether oxygens (including phenoxy) is 2. The molecule has 1 aliphatic heterocycles. The van der Waals surface area contributed by atoms with E-state index in [9.17, 15) is 5.11 Å². The van der Waals surface area contributed by atoms with Crippen molar-refractivity contribution in [2.75, 3.05) is 13.7 Å². The first kappa shape index (κ1) is 10.9. The molecule has 3 N–H and O–H groups in total. The van der Waals surface area contributed by atoms with Gasteiger partial charge in [-0.15, -0.1) is 0 Å². The fourth-order valence-corrected chi connectivity index (χ4v) is 1.72. The third kappa shape index (κ3) is 3.23. The number of aliphatic hydroxyl groups is 1. The lowest BCUT2D eigenvalue weighted by Gasteiger charge is -2.32. The summed E-state index contributed by atoms with van der Waals surface area (Å²) in [7, 11) is 1.68. The van der Waals surface area contributed by atoms with Gasteiger partial charge in [-0.2, -0.15) is 0 Å². The Balaban J connectivity index is 2.42. The minimum absolute atomic E-state index is 0.103. The van der Waals surface area contributed by atoms with E-state index in [1.807, 2.05) is 0 Å². The number of nitrogens with two attached hydrogens (primary N) is 1. The van der Waals surface area contributed by atoms with Gasteiger partial charge in [0.15, 0.2) is 6.29 Å². The second kappa shape index (κ2) is 4.91. The molecule has 1 saturated heterocycles. The molecule has 3 atom stereocenters. The van der Waals surface area contributed by atoms with Crippen LogP contribution in [0.4, 0.5) is 0 Å². The van der Waals surface area contributed by atoms with Crippen LogP contribution in [0.3, 0.4) is 0 Å². The molecular weight excluding hydrogens is 170 g/mol. The minimum atomic E-state index is -0.651.